The van der Waals surface area contributed by atoms with Crippen molar-refractivity contribution in [2.24, 2.45) is 0 Å². The molecule has 0 aliphatic carbocycles. The minimum Gasteiger partial charge on any atom is -0.397 e. The van der Waals surface area contributed by atoms with Crippen LogP contribution in [0.4, 0.5) is 20.8 Å². The predicted molar refractivity (Wildman–Crippen MR) is 68.2 cm³/mol. The van der Waals surface area contributed by atoms with Gasteiger partial charge in [-0.1, -0.05) is 4.49 Å². The number of nitrogen functional groups attached to an aromatic ring is 1. The standard InChI is InChI=1S/C8H6FN5O4S2/c9-5-1-4(14(15)16)2-6(10)8(5)20(17,18)12-7-3-11-13-19-7/h1-3,12H,10H2. The monoisotopic (exact) mass is 319 g/mol. The zero-order chi connectivity index (χ0) is 14.9. The number of nitrogens with one attached hydrogen (secondary N) is 1. The largest absolute Gasteiger partial charge is 0.397 e. The maximum atomic E-state index is 13.8. The fourth-order valence-electron chi connectivity index (χ4n) is 1.38. The van der Waals surface area contributed by atoms with Crippen LogP contribution in [0.25, 0.3) is 0 Å². The summed E-state index contributed by atoms with van der Waals surface area (Å²) in [4.78, 5) is 8.78. The van der Waals surface area contributed by atoms with Crippen molar-refractivity contribution in [3.8, 4) is 0 Å². The van der Waals surface area contributed by atoms with Gasteiger partial charge in [-0.2, -0.15) is 0 Å². The summed E-state index contributed by atoms with van der Waals surface area (Å²) in [5.74, 6) is -1.32. The lowest BCUT2D eigenvalue weighted by atomic mass is 10.3. The van der Waals surface area contributed by atoms with E-state index in [0.29, 0.717) is 6.07 Å². The lowest BCUT2D eigenvalue weighted by molar-refractivity contribution is -0.385. The first-order chi connectivity index (χ1) is 9.31. The minimum absolute atomic E-state index is 0.0575. The molecule has 0 fully saturated rings. The number of benzene rings is 1. The van der Waals surface area contributed by atoms with E-state index >= 15 is 0 Å². The van der Waals surface area contributed by atoms with E-state index in [1.54, 1.807) is 0 Å². The maximum absolute atomic E-state index is 13.8. The lowest BCUT2D eigenvalue weighted by Crippen LogP contribution is -2.16. The highest BCUT2D eigenvalue weighted by molar-refractivity contribution is 7.93. The molecule has 0 aliphatic rings. The van der Waals surface area contributed by atoms with Crippen molar-refractivity contribution in [1.82, 2.24) is 9.59 Å². The van der Waals surface area contributed by atoms with E-state index in [2.05, 4.69) is 9.59 Å². The number of hydrogen-bond acceptors (Lipinski definition) is 8. The zero-order valence-corrected chi connectivity index (χ0v) is 11.1. The molecule has 0 saturated heterocycles. The molecule has 0 amide bonds. The van der Waals surface area contributed by atoms with Crippen LogP contribution < -0.4 is 10.5 Å². The minimum atomic E-state index is -4.33. The first kappa shape index (κ1) is 14.1. The summed E-state index contributed by atoms with van der Waals surface area (Å²) in [7, 11) is -4.33. The molecule has 1 aromatic heterocycles. The molecule has 9 nitrogen and oxygen atoms in total. The summed E-state index contributed by atoms with van der Waals surface area (Å²) in [6.07, 6.45) is 1.13. The molecular formula is C8H6FN5O4S2. The van der Waals surface area contributed by atoms with Crippen molar-refractivity contribution in [3.63, 3.8) is 0 Å². The van der Waals surface area contributed by atoms with Crippen molar-refractivity contribution in [3.05, 3.63) is 34.3 Å². The van der Waals surface area contributed by atoms with Crippen molar-refractivity contribution < 1.29 is 17.7 Å². The third-order valence-electron chi connectivity index (χ3n) is 2.13. The van der Waals surface area contributed by atoms with E-state index in [9.17, 15) is 22.9 Å². The number of nitro groups is 1. The molecule has 0 aliphatic heterocycles. The van der Waals surface area contributed by atoms with Gasteiger partial charge in [0.1, 0.15) is 9.90 Å². The van der Waals surface area contributed by atoms with Gasteiger partial charge < -0.3 is 5.73 Å². The first-order valence-electron chi connectivity index (χ1n) is 4.85. The van der Waals surface area contributed by atoms with E-state index in [4.69, 9.17) is 5.73 Å². The second-order valence-corrected chi connectivity index (χ2v) is 5.90. The predicted octanol–water partition coefficient (Wildman–Crippen LogP) is 0.968. The highest BCUT2D eigenvalue weighted by Gasteiger charge is 2.26. The third-order valence-corrected chi connectivity index (χ3v) is 4.30. The van der Waals surface area contributed by atoms with E-state index in [1.165, 1.54) is 0 Å². The van der Waals surface area contributed by atoms with Crippen LogP contribution >= 0.6 is 11.5 Å². The van der Waals surface area contributed by atoms with Crippen LogP contribution in [-0.2, 0) is 10.0 Å². The fraction of sp³-hybridized carbons (Fsp3) is 0. The summed E-state index contributed by atoms with van der Waals surface area (Å²) in [5.41, 5.74) is 4.18. The number of sulfonamides is 1. The van der Waals surface area contributed by atoms with Gasteiger partial charge in [0, 0.05) is 17.6 Å². The molecular weight excluding hydrogens is 313 g/mol. The molecule has 2 rings (SSSR count). The molecule has 1 heterocycles. The Labute approximate surface area is 115 Å². The van der Waals surface area contributed by atoms with Gasteiger partial charge in [0.2, 0.25) is 0 Å². The Kier molecular flexibility index (Phi) is 3.50. The molecule has 106 valence electrons. The Bertz CT molecular complexity index is 738. The van der Waals surface area contributed by atoms with Gasteiger partial charge in [-0.15, -0.1) is 5.10 Å². The Hall–Kier alpha value is -2.34. The molecule has 1 aromatic carbocycles. The number of nitrogens with zero attached hydrogens (tertiary/aromatic N) is 3. The van der Waals surface area contributed by atoms with Gasteiger partial charge in [-0.3, -0.25) is 14.8 Å². The summed E-state index contributed by atoms with van der Waals surface area (Å²) in [6.45, 7) is 0. The smallest absolute Gasteiger partial charge is 0.274 e. The van der Waals surface area contributed by atoms with Crippen LogP contribution in [0.3, 0.4) is 0 Å². The average molecular weight is 319 g/mol. The fourth-order valence-corrected chi connectivity index (χ4v) is 3.24. The highest BCUT2D eigenvalue weighted by Crippen LogP contribution is 2.29. The van der Waals surface area contributed by atoms with Gasteiger partial charge in [0.15, 0.2) is 5.82 Å². The Morgan fingerprint density at radius 3 is 2.65 bits per heavy atom. The highest BCUT2D eigenvalue weighted by atomic mass is 32.2. The number of nitrogens with two attached hydrogens (primary N) is 1. The van der Waals surface area contributed by atoms with Gasteiger partial charge in [-0.05, 0) is 0 Å². The van der Waals surface area contributed by atoms with Crippen LogP contribution in [0.1, 0.15) is 0 Å². The van der Waals surface area contributed by atoms with Gasteiger partial charge in [0.25, 0.3) is 15.7 Å². The summed E-state index contributed by atoms with van der Waals surface area (Å²) in [5, 5.41) is 14.0. The van der Waals surface area contributed by atoms with Crippen molar-refractivity contribution in [1.29, 1.82) is 0 Å². The van der Waals surface area contributed by atoms with Gasteiger partial charge in [0.05, 0.1) is 22.9 Å². The lowest BCUT2D eigenvalue weighted by Gasteiger charge is -2.08. The van der Waals surface area contributed by atoms with Crippen molar-refractivity contribution in [2.45, 2.75) is 4.90 Å². The summed E-state index contributed by atoms with van der Waals surface area (Å²) < 4.78 is 43.2. The zero-order valence-electron chi connectivity index (χ0n) is 9.48. The molecule has 0 saturated carbocycles. The van der Waals surface area contributed by atoms with E-state index in [0.717, 1.165) is 23.8 Å². The van der Waals surface area contributed by atoms with Crippen LogP contribution in [0.5, 0.6) is 0 Å². The topological polar surface area (TPSA) is 141 Å². The number of rotatable bonds is 4. The number of halogens is 1. The molecule has 12 heteroatoms. The Morgan fingerprint density at radius 2 is 2.15 bits per heavy atom. The molecule has 2 aromatic rings. The second kappa shape index (κ2) is 4.97. The molecule has 0 atom stereocenters. The summed E-state index contributed by atoms with van der Waals surface area (Å²) in [6, 6.07) is 1.25. The number of hydrogen-bond donors (Lipinski definition) is 2. The molecule has 0 unspecified atom stereocenters. The number of anilines is 2. The van der Waals surface area contributed by atoms with Crippen LogP contribution in [0.2, 0.25) is 0 Å². The third kappa shape index (κ3) is 2.65. The number of aromatic nitrogens is 2. The summed E-state index contributed by atoms with van der Waals surface area (Å²) >= 11 is 0.741. The van der Waals surface area contributed by atoms with E-state index in [-0.39, 0.29) is 5.00 Å². The van der Waals surface area contributed by atoms with Gasteiger partial charge >= 0.3 is 0 Å². The Morgan fingerprint density at radius 1 is 1.45 bits per heavy atom. The number of nitro benzene ring substituents is 1. The molecule has 3 N–H and O–H groups in total. The molecule has 0 spiro atoms. The maximum Gasteiger partial charge on any atom is 0.274 e. The van der Waals surface area contributed by atoms with Crippen molar-refractivity contribution in [2.75, 3.05) is 10.5 Å². The quantitative estimate of drug-likeness (QED) is 0.485. The number of non-ortho nitro benzene ring substituents is 1. The van der Waals surface area contributed by atoms with Gasteiger partial charge in [-0.25, -0.2) is 12.8 Å². The first-order valence-corrected chi connectivity index (χ1v) is 7.10. The van der Waals surface area contributed by atoms with Crippen LogP contribution in [-0.4, -0.2) is 22.9 Å². The second-order valence-electron chi connectivity index (χ2n) is 3.49. The molecule has 0 radical (unpaired) electrons. The normalized spacial score (nSPS) is 11.2. The SMILES string of the molecule is Nc1cc([N+](=O)[O-])cc(F)c1S(=O)(=O)Nc1cnns1. The van der Waals surface area contributed by atoms with Crippen molar-refractivity contribution >= 4 is 37.9 Å². The van der Waals surface area contributed by atoms with E-state index < -0.39 is 37.0 Å². The van der Waals surface area contributed by atoms with E-state index in [1.807, 2.05) is 4.72 Å². The molecule has 20 heavy (non-hydrogen) atoms. The Balaban J connectivity index is 2.49. The van der Waals surface area contributed by atoms with Crippen LogP contribution in [0, 0.1) is 15.9 Å². The molecule has 0 bridgehead atoms. The van der Waals surface area contributed by atoms with Crippen LogP contribution in [0.15, 0.2) is 23.2 Å². The average Bonchev–Trinajstić information content (AvgIpc) is 2.79.